The molecule has 1 aliphatic rings. The summed E-state index contributed by atoms with van der Waals surface area (Å²) in [6.07, 6.45) is 1.75. The molecule has 0 bridgehead atoms. The molecule has 1 aliphatic heterocycles. The van der Waals surface area contributed by atoms with Gasteiger partial charge in [-0.1, -0.05) is 16.8 Å². The van der Waals surface area contributed by atoms with Gasteiger partial charge in [-0.15, -0.1) is 11.3 Å². The molecular weight excluding hydrogens is 464 g/mol. The maximum atomic E-state index is 13.0. The summed E-state index contributed by atoms with van der Waals surface area (Å²) in [5.41, 5.74) is 6.88. The van der Waals surface area contributed by atoms with Crippen LogP contribution >= 0.6 is 22.9 Å². The minimum atomic E-state index is -0.712. The molecule has 11 heteroatoms. The second kappa shape index (κ2) is 9.66. The number of nitrogens with two attached hydrogens (primary N) is 1. The standard InChI is InChI=1S/C22H27ClN6O3S/c1-12(2)28-8-6-14(7-9-28)25-22(31)19-13(3)29(21(26-19)20(24)30)11-15-10-16(32-27-15)17-4-5-18(23)33-17/h4-5,10,12,14H,6-9,11H2,1-3H3,(H2,24,30)(H,25,31). The van der Waals surface area contributed by atoms with Crippen LogP contribution in [0.15, 0.2) is 22.7 Å². The molecular formula is C22H27ClN6O3S. The van der Waals surface area contributed by atoms with Gasteiger partial charge in [0.25, 0.3) is 11.8 Å². The molecule has 4 rings (SSSR count). The quantitative estimate of drug-likeness (QED) is 0.524. The van der Waals surface area contributed by atoms with Gasteiger partial charge >= 0.3 is 0 Å². The lowest BCUT2D eigenvalue weighted by molar-refractivity contribution is 0.0895. The molecule has 9 nitrogen and oxygen atoms in total. The zero-order chi connectivity index (χ0) is 23.7. The highest BCUT2D eigenvalue weighted by molar-refractivity contribution is 7.19. The van der Waals surface area contributed by atoms with Crippen molar-refractivity contribution in [1.29, 1.82) is 0 Å². The molecule has 0 atom stereocenters. The summed E-state index contributed by atoms with van der Waals surface area (Å²) in [4.78, 5) is 32.6. The molecule has 176 valence electrons. The lowest BCUT2D eigenvalue weighted by atomic mass is 10.0. The predicted molar refractivity (Wildman–Crippen MR) is 127 cm³/mol. The Labute approximate surface area is 200 Å². The van der Waals surface area contributed by atoms with Crippen molar-refractivity contribution in [2.45, 2.75) is 52.2 Å². The minimum absolute atomic E-state index is 0.0102. The minimum Gasteiger partial charge on any atom is -0.363 e. The summed E-state index contributed by atoms with van der Waals surface area (Å²) in [5, 5.41) is 7.16. The van der Waals surface area contributed by atoms with E-state index in [4.69, 9.17) is 21.9 Å². The Hall–Kier alpha value is -2.69. The van der Waals surface area contributed by atoms with Crippen LogP contribution < -0.4 is 11.1 Å². The van der Waals surface area contributed by atoms with Crippen LogP contribution in [0.1, 0.15) is 59.2 Å². The topological polar surface area (TPSA) is 119 Å². The number of rotatable bonds is 7. The van der Waals surface area contributed by atoms with Crippen molar-refractivity contribution in [2.24, 2.45) is 5.73 Å². The van der Waals surface area contributed by atoms with Crippen LogP contribution in [0, 0.1) is 6.92 Å². The number of nitrogens with zero attached hydrogens (tertiary/aromatic N) is 4. The van der Waals surface area contributed by atoms with Crippen LogP contribution in [0.25, 0.3) is 10.6 Å². The fraction of sp³-hybridized carbons (Fsp3) is 0.455. The Morgan fingerprint density at radius 1 is 1.33 bits per heavy atom. The normalized spacial score (nSPS) is 15.3. The maximum absolute atomic E-state index is 13.0. The van der Waals surface area contributed by atoms with E-state index in [1.54, 1.807) is 23.6 Å². The number of aromatic nitrogens is 3. The Bertz CT molecular complexity index is 1160. The third-order valence-electron chi connectivity index (χ3n) is 5.95. The highest BCUT2D eigenvalue weighted by Crippen LogP contribution is 2.31. The van der Waals surface area contributed by atoms with Crippen LogP contribution in [0.4, 0.5) is 0 Å². The lowest BCUT2D eigenvalue weighted by Crippen LogP contribution is -2.46. The molecule has 1 fully saturated rings. The van der Waals surface area contributed by atoms with E-state index >= 15 is 0 Å². The van der Waals surface area contributed by atoms with Crippen LogP contribution in [0.2, 0.25) is 4.34 Å². The monoisotopic (exact) mass is 490 g/mol. The van der Waals surface area contributed by atoms with Gasteiger partial charge in [-0.25, -0.2) is 4.98 Å². The van der Waals surface area contributed by atoms with Crippen LogP contribution in [0.5, 0.6) is 0 Å². The molecule has 0 unspecified atom stereocenters. The number of likely N-dealkylation sites (tertiary alicyclic amines) is 1. The average Bonchev–Trinajstić information content (AvgIpc) is 3.48. The van der Waals surface area contributed by atoms with E-state index in [1.165, 1.54) is 11.3 Å². The van der Waals surface area contributed by atoms with Gasteiger partial charge in [0, 0.05) is 36.9 Å². The molecule has 3 aromatic rings. The molecule has 2 amide bonds. The highest BCUT2D eigenvalue weighted by atomic mass is 35.5. The Morgan fingerprint density at radius 2 is 2.06 bits per heavy atom. The van der Waals surface area contributed by atoms with E-state index in [9.17, 15) is 9.59 Å². The number of nitrogens with one attached hydrogen (secondary N) is 1. The number of carbonyl (C=O) groups excluding carboxylic acids is 2. The highest BCUT2D eigenvalue weighted by Gasteiger charge is 2.27. The summed E-state index contributed by atoms with van der Waals surface area (Å²) in [5.74, 6) is -0.427. The number of carbonyl (C=O) groups is 2. The Morgan fingerprint density at radius 3 is 2.67 bits per heavy atom. The zero-order valence-electron chi connectivity index (χ0n) is 18.8. The molecule has 3 N–H and O–H groups in total. The number of amides is 2. The molecule has 4 heterocycles. The molecule has 0 aliphatic carbocycles. The van der Waals surface area contributed by atoms with Crippen molar-refractivity contribution in [3.05, 3.63) is 45.4 Å². The largest absolute Gasteiger partial charge is 0.363 e. The Kier molecular flexibility index (Phi) is 6.87. The first kappa shape index (κ1) is 23.5. The van der Waals surface area contributed by atoms with Gasteiger partial charge in [0.2, 0.25) is 0 Å². The van der Waals surface area contributed by atoms with Crippen molar-refractivity contribution in [3.8, 4) is 10.6 Å². The number of piperidine rings is 1. The van der Waals surface area contributed by atoms with Gasteiger partial charge in [-0.3, -0.25) is 9.59 Å². The summed E-state index contributed by atoms with van der Waals surface area (Å²) < 4.78 is 7.67. The lowest BCUT2D eigenvalue weighted by Gasteiger charge is -2.34. The van der Waals surface area contributed by atoms with Crippen molar-refractivity contribution in [1.82, 2.24) is 24.9 Å². The SMILES string of the molecule is Cc1c(C(=O)NC2CCN(C(C)C)CC2)nc(C(N)=O)n1Cc1cc(-c2ccc(Cl)s2)on1. The molecule has 1 saturated heterocycles. The fourth-order valence-corrected chi connectivity index (χ4v) is 5.05. The summed E-state index contributed by atoms with van der Waals surface area (Å²) in [6, 6.07) is 5.97. The average molecular weight is 491 g/mol. The smallest absolute Gasteiger partial charge is 0.284 e. The number of hydrogen-bond acceptors (Lipinski definition) is 7. The van der Waals surface area contributed by atoms with Crippen LogP contribution in [-0.2, 0) is 6.54 Å². The second-order valence-electron chi connectivity index (χ2n) is 8.48. The van der Waals surface area contributed by atoms with Gasteiger partial charge < -0.3 is 25.0 Å². The van der Waals surface area contributed by atoms with Gasteiger partial charge in [0.15, 0.2) is 11.6 Å². The van der Waals surface area contributed by atoms with Crippen molar-refractivity contribution < 1.29 is 14.1 Å². The van der Waals surface area contributed by atoms with E-state index in [1.807, 2.05) is 6.07 Å². The van der Waals surface area contributed by atoms with E-state index in [-0.39, 0.29) is 30.0 Å². The van der Waals surface area contributed by atoms with Crippen LogP contribution in [-0.4, -0.2) is 56.6 Å². The molecule has 0 aromatic carbocycles. The summed E-state index contributed by atoms with van der Waals surface area (Å²) >= 11 is 7.38. The molecule has 3 aromatic heterocycles. The predicted octanol–water partition coefficient (Wildman–Crippen LogP) is 3.31. The molecule has 0 spiro atoms. The maximum Gasteiger partial charge on any atom is 0.284 e. The first-order valence-electron chi connectivity index (χ1n) is 10.9. The first-order valence-corrected chi connectivity index (χ1v) is 12.1. The number of thiophene rings is 1. The third kappa shape index (κ3) is 5.13. The molecule has 0 saturated carbocycles. The molecule has 0 radical (unpaired) electrons. The Balaban J connectivity index is 1.50. The number of hydrogen-bond donors (Lipinski definition) is 2. The second-order valence-corrected chi connectivity index (χ2v) is 10.2. The first-order chi connectivity index (χ1) is 15.7. The zero-order valence-corrected chi connectivity index (χ0v) is 20.4. The van der Waals surface area contributed by atoms with E-state index in [0.29, 0.717) is 27.5 Å². The number of halogens is 1. The van der Waals surface area contributed by atoms with Gasteiger partial charge in [0.1, 0.15) is 11.4 Å². The van der Waals surface area contributed by atoms with Crippen LogP contribution in [0.3, 0.4) is 0 Å². The van der Waals surface area contributed by atoms with E-state index in [0.717, 1.165) is 30.8 Å². The summed E-state index contributed by atoms with van der Waals surface area (Å²) in [6.45, 7) is 8.16. The van der Waals surface area contributed by atoms with Gasteiger partial charge in [-0.2, -0.15) is 0 Å². The van der Waals surface area contributed by atoms with Gasteiger partial charge in [-0.05, 0) is 45.7 Å². The van der Waals surface area contributed by atoms with E-state index < -0.39 is 5.91 Å². The van der Waals surface area contributed by atoms with E-state index in [2.05, 4.69) is 34.2 Å². The number of imidazole rings is 1. The van der Waals surface area contributed by atoms with Crippen molar-refractivity contribution in [3.63, 3.8) is 0 Å². The van der Waals surface area contributed by atoms with Crippen molar-refractivity contribution >= 4 is 34.8 Å². The third-order valence-corrected chi connectivity index (χ3v) is 7.19. The molecule has 33 heavy (non-hydrogen) atoms. The summed E-state index contributed by atoms with van der Waals surface area (Å²) in [7, 11) is 0. The number of primary amides is 1. The fourth-order valence-electron chi connectivity index (χ4n) is 4.06. The van der Waals surface area contributed by atoms with Crippen molar-refractivity contribution in [2.75, 3.05) is 13.1 Å². The van der Waals surface area contributed by atoms with Gasteiger partial charge in [0.05, 0.1) is 15.8 Å².